The standard InChI is InChI=1S/C20H25BrN2O2/c1-14-7-5-6-8-17(14)13-23(3)20(24)12-22-15(2)16-9-10-19(25-4)18(21)11-16/h5-11,15,22H,12-13H2,1-4H3. The topological polar surface area (TPSA) is 41.6 Å². The van der Waals surface area contributed by atoms with Crippen LogP contribution in [0.1, 0.15) is 29.7 Å². The number of likely N-dealkylation sites (N-methyl/N-ethyl adjacent to an activating group) is 1. The van der Waals surface area contributed by atoms with Crippen molar-refractivity contribution in [2.45, 2.75) is 26.4 Å². The van der Waals surface area contributed by atoms with Gasteiger partial charge in [-0.25, -0.2) is 0 Å². The van der Waals surface area contributed by atoms with E-state index in [1.165, 1.54) is 11.1 Å². The highest BCUT2D eigenvalue weighted by Gasteiger charge is 2.13. The van der Waals surface area contributed by atoms with Gasteiger partial charge in [-0.3, -0.25) is 4.79 Å². The molecule has 0 spiro atoms. The molecule has 0 saturated carbocycles. The zero-order valence-electron chi connectivity index (χ0n) is 15.2. The van der Waals surface area contributed by atoms with Crippen LogP contribution in [0.5, 0.6) is 5.75 Å². The number of carbonyl (C=O) groups is 1. The first-order valence-corrected chi connectivity index (χ1v) is 9.07. The molecule has 0 heterocycles. The fraction of sp³-hybridized carbons (Fsp3) is 0.350. The van der Waals surface area contributed by atoms with E-state index >= 15 is 0 Å². The van der Waals surface area contributed by atoms with Crippen LogP contribution in [0.3, 0.4) is 0 Å². The van der Waals surface area contributed by atoms with E-state index in [1.807, 2.05) is 44.3 Å². The van der Waals surface area contributed by atoms with Crippen LogP contribution in [0.25, 0.3) is 0 Å². The summed E-state index contributed by atoms with van der Waals surface area (Å²) in [6.45, 7) is 5.03. The number of halogens is 1. The monoisotopic (exact) mass is 404 g/mol. The Balaban J connectivity index is 1.90. The summed E-state index contributed by atoms with van der Waals surface area (Å²) in [4.78, 5) is 14.2. The molecule has 1 N–H and O–H groups in total. The maximum Gasteiger partial charge on any atom is 0.236 e. The maximum atomic E-state index is 12.4. The zero-order chi connectivity index (χ0) is 18.4. The number of nitrogens with one attached hydrogen (secondary N) is 1. The van der Waals surface area contributed by atoms with Crippen molar-refractivity contribution < 1.29 is 9.53 Å². The SMILES string of the molecule is COc1ccc(C(C)NCC(=O)N(C)Cc2ccccc2C)cc1Br. The van der Waals surface area contributed by atoms with Crippen molar-refractivity contribution in [2.75, 3.05) is 20.7 Å². The van der Waals surface area contributed by atoms with Crippen molar-refractivity contribution in [3.8, 4) is 5.75 Å². The van der Waals surface area contributed by atoms with E-state index in [0.29, 0.717) is 13.1 Å². The number of nitrogens with zero attached hydrogens (tertiary/aromatic N) is 1. The minimum absolute atomic E-state index is 0.0676. The molecule has 2 aromatic carbocycles. The van der Waals surface area contributed by atoms with Gasteiger partial charge in [-0.1, -0.05) is 30.3 Å². The smallest absolute Gasteiger partial charge is 0.236 e. The molecule has 0 saturated heterocycles. The summed E-state index contributed by atoms with van der Waals surface area (Å²) in [6.07, 6.45) is 0. The van der Waals surface area contributed by atoms with Gasteiger partial charge >= 0.3 is 0 Å². The van der Waals surface area contributed by atoms with E-state index in [4.69, 9.17) is 4.74 Å². The van der Waals surface area contributed by atoms with E-state index in [2.05, 4.69) is 40.3 Å². The Bertz CT molecular complexity index is 733. The second-order valence-corrected chi connectivity index (χ2v) is 7.03. The largest absolute Gasteiger partial charge is 0.496 e. The lowest BCUT2D eigenvalue weighted by molar-refractivity contribution is -0.129. The first kappa shape index (κ1) is 19.5. The van der Waals surface area contributed by atoms with Crippen molar-refractivity contribution in [3.63, 3.8) is 0 Å². The van der Waals surface area contributed by atoms with E-state index in [1.54, 1.807) is 12.0 Å². The van der Waals surface area contributed by atoms with Gasteiger partial charge in [-0.2, -0.15) is 0 Å². The summed E-state index contributed by atoms with van der Waals surface area (Å²) in [7, 11) is 3.48. The highest BCUT2D eigenvalue weighted by molar-refractivity contribution is 9.10. The van der Waals surface area contributed by atoms with Crippen LogP contribution in [-0.2, 0) is 11.3 Å². The van der Waals surface area contributed by atoms with Crippen molar-refractivity contribution in [1.29, 1.82) is 0 Å². The summed E-state index contributed by atoms with van der Waals surface area (Å²) in [5, 5.41) is 3.29. The van der Waals surface area contributed by atoms with Gasteiger partial charge < -0.3 is 15.0 Å². The molecule has 0 fully saturated rings. The number of aryl methyl sites for hydroxylation is 1. The van der Waals surface area contributed by atoms with E-state index in [9.17, 15) is 4.79 Å². The molecule has 0 aromatic heterocycles. The normalized spacial score (nSPS) is 11.9. The summed E-state index contributed by atoms with van der Waals surface area (Å²) in [5.41, 5.74) is 3.47. The first-order valence-electron chi connectivity index (χ1n) is 8.27. The quantitative estimate of drug-likeness (QED) is 0.755. The Morgan fingerprint density at radius 2 is 2.00 bits per heavy atom. The predicted octanol–water partition coefficient (Wildman–Crippen LogP) is 4.08. The van der Waals surface area contributed by atoms with E-state index in [0.717, 1.165) is 15.8 Å². The molecule has 4 nitrogen and oxygen atoms in total. The second kappa shape index (κ2) is 9.02. The molecule has 1 atom stereocenters. The van der Waals surface area contributed by atoms with Gasteiger partial charge in [0.2, 0.25) is 5.91 Å². The van der Waals surface area contributed by atoms with Crippen molar-refractivity contribution in [3.05, 3.63) is 63.6 Å². The molecule has 1 amide bonds. The molecule has 0 aliphatic carbocycles. The molecular weight excluding hydrogens is 380 g/mol. The van der Waals surface area contributed by atoms with Crippen LogP contribution < -0.4 is 10.1 Å². The number of hydrogen-bond acceptors (Lipinski definition) is 3. The minimum atomic E-state index is 0.0676. The van der Waals surface area contributed by atoms with Gasteiger partial charge in [0.1, 0.15) is 5.75 Å². The number of rotatable bonds is 7. The Morgan fingerprint density at radius 1 is 1.28 bits per heavy atom. The molecule has 2 rings (SSSR count). The lowest BCUT2D eigenvalue weighted by Crippen LogP contribution is -2.36. The van der Waals surface area contributed by atoms with Gasteiger partial charge in [-0.05, 0) is 58.6 Å². The fourth-order valence-electron chi connectivity index (χ4n) is 2.58. The summed E-state index contributed by atoms with van der Waals surface area (Å²) < 4.78 is 6.15. The Kier molecular flexibility index (Phi) is 7.02. The Hall–Kier alpha value is -1.85. The lowest BCUT2D eigenvalue weighted by Gasteiger charge is -2.21. The van der Waals surface area contributed by atoms with Crippen molar-refractivity contribution in [1.82, 2.24) is 10.2 Å². The van der Waals surface area contributed by atoms with Crippen LogP contribution >= 0.6 is 15.9 Å². The molecule has 0 bridgehead atoms. The molecule has 25 heavy (non-hydrogen) atoms. The number of amides is 1. The third-order valence-electron chi connectivity index (χ3n) is 4.33. The van der Waals surface area contributed by atoms with Crippen LogP contribution in [0.15, 0.2) is 46.9 Å². The zero-order valence-corrected chi connectivity index (χ0v) is 16.8. The Labute approximate surface area is 158 Å². The van der Waals surface area contributed by atoms with Crippen molar-refractivity contribution in [2.24, 2.45) is 0 Å². The first-order chi connectivity index (χ1) is 11.9. The minimum Gasteiger partial charge on any atom is -0.496 e. The van der Waals surface area contributed by atoms with E-state index in [-0.39, 0.29) is 11.9 Å². The molecule has 2 aromatic rings. The van der Waals surface area contributed by atoms with Crippen LogP contribution in [0, 0.1) is 6.92 Å². The molecule has 0 radical (unpaired) electrons. The second-order valence-electron chi connectivity index (χ2n) is 6.17. The van der Waals surface area contributed by atoms with Gasteiger partial charge in [0, 0.05) is 19.6 Å². The van der Waals surface area contributed by atoms with Gasteiger partial charge in [0.25, 0.3) is 0 Å². The van der Waals surface area contributed by atoms with Crippen LogP contribution in [0.2, 0.25) is 0 Å². The Morgan fingerprint density at radius 3 is 2.64 bits per heavy atom. The lowest BCUT2D eigenvalue weighted by atomic mass is 10.1. The van der Waals surface area contributed by atoms with Crippen LogP contribution in [-0.4, -0.2) is 31.5 Å². The molecule has 134 valence electrons. The van der Waals surface area contributed by atoms with Gasteiger partial charge in [0.15, 0.2) is 0 Å². The number of benzene rings is 2. The number of methoxy groups -OCH3 is 1. The molecule has 0 aliphatic heterocycles. The average molecular weight is 405 g/mol. The van der Waals surface area contributed by atoms with Crippen molar-refractivity contribution >= 4 is 21.8 Å². The average Bonchev–Trinajstić information content (AvgIpc) is 2.61. The van der Waals surface area contributed by atoms with Gasteiger partial charge in [0.05, 0.1) is 18.1 Å². The molecule has 1 unspecified atom stereocenters. The molecular formula is C20H25BrN2O2. The molecule has 5 heteroatoms. The van der Waals surface area contributed by atoms with Crippen LogP contribution in [0.4, 0.5) is 0 Å². The third kappa shape index (κ3) is 5.31. The maximum absolute atomic E-state index is 12.4. The summed E-state index contributed by atoms with van der Waals surface area (Å²) >= 11 is 3.49. The summed E-state index contributed by atoms with van der Waals surface area (Å²) in [6, 6.07) is 14.1. The fourth-order valence-corrected chi connectivity index (χ4v) is 3.13. The van der Waals surface area contributed by atoms with Gasteiger partial charge in [-0.15, -0.1) is 0 Å². The number of hydrogen-bond donors (Lipinski definition) is 1. The van der Waals surface area contributed by atoms with E-state index < -0.39 is 0 Å². The summed E-state index contributed by atoms with van der Waals surface area (Å²) in [5.74, 6) is 0.868. The number of carbonyl (C=O) groups excluding carboxylic acids is 1. The predicted molar refractivity (Wildman–Crippen MR) is 105 cm³/mol. The number of ether oxygens (including phenoxy) is 1. The third-order valence-corrected chi connectivity index (χ3v) is 4.95. The molecule has 0 aliphatic rings. The highest BCUT2D eigenvalue weighted by atomic mass is 79.9. The highest BCUT2D eigenvalue weighted by Crippen LogP contribution is 2.27.